The van der Waals surface area contributed by atoms with Gasteiger partial charge < -0.3 is 9.55 Å². The standard InChI is InChI=1S/C15H22ClN3S/c1-10(2)18(11(3)4)8-9-19-14-12(16)6-5-7-13(14)17-15(19)20/h5-7,10-11H,8-9H2,1-4H3,(H,17,20). The quantitative estimate of drug-likeness (QED) is 0.824. The third-order valence-corrected chi connectivity index (χ3v) is 4.28. The number of nitrogens with one attached hydrogen (secondary N) is 1. The maximum atomic E-state index is 6.32. The number of fused-ring (bicyclic) bond motifs is 1. The maximum absolute atomic E-state index is 6.32. The Morgan fingerprint density at radius 2 is 1.90 bits per heavy atom. The van der Waals surface area contributed by atoms with Crippen LogP contribution in [0.5, 0.6) is 0 Å². The summed E-state index contributed by atoms with van der Waals surface area (Å²) in [6.07, 6.45) is 0. The topological polar surface area (TPSA) is 24.0 Å². The molecule has 0 aliphatic heterocycles. The number of H-pyrrole nitrogens is 1. The molecule has 0 fully saturated rings. The van der Waals surface area contributed by atoms with Crippen LogP contribution in [0, 0.1) is 4.77 Å². The molecule has 5 heteroatoms. The smallest absolute Gasteiger partial charge is 0.178 e. The number of aromatic nitrogens is 2. The average molecular weight is 312 g/mol. The summed E-state index contributed by atoms with van der Waals surface area (Å²) in [6.45, 7) is 10.7. The third-order valence-electron chi connectivity index (χ3n) is 3.65. The summed E-state index contributed by atoms with van der Waals surface area (Å²) in [7, 11) is 0. The molecule has 2 aromatic rings. The second-order valence-electron chi connectivity index (χ2n) is 5.64. The first-order valence-electron chi connectivity index (χ1n) is 7.04. The molecule has 0 unspecified atom stereocenters. The predicted octanol–water partition coefficient (Wildman–Crippen LogP) is 4.47. The van der Waals surface area contributed by atoms with Crippen molar-refractivity contribution in [2.75, 3.05) is 6.54 Å². The van der Waals surface area contributed by atoms with Crippen molar-refractivity contribution < 1.29 is 0 Å². The lowest BCUT2D eigenvalue weighted by Gasteiger charge is -2.30. The van der Waals surface area contributed by atoms with Gasteiger partial charge in [-0.05, 0) is 52.0 Å². The van der Waals surface area contributed by atoms with Gasteiger partial charge in [0.15, 0.2) is 4.77 Å². The first-order valence-corrected chi connectivity index (χ1v) is 7.83. The number of hydrogen-bond acceptors (Lipinski definition) is 2. The van der Waals surface area contributed by atoms with E-state index in [0.717, 1.165) is 33.9 Å². The monoisotopic (exact) mass is 311 g/mol. The average Bonchev–Trinajstić information content (AvgIpc) is 2.66. The molecule has 0 amide bonds. The van der Waals surface area contributed by atoms with E-state index in [4.69, 9.17) is 23.8 Å². The van der Waals surface area contributed by atoms with Gasteiger partial charge in [0, 0.05) is 25.2 Å². The first kappa shape index (κ1) is 15.5. The van der Waals surface area contributed by atoms with Crippen LogP contribution in [0.15, 0.2) is 18.2 Å². The van der Waals surface area contributed by atoms with Gasteiger partial charge in [0.05, 0.1) is 16.1 Å². The van der Waals surface area contributed by atoms with Crippen LogP contribution in [0.4, 0.5) is 0 Å². The van der Waals surface area contributed by atoms with Crippen molar-refractivity contribution in [2.24, 2.45) is 0 Å². The molecule has 0 aliphatic carbocycles. The Kier molecular flexibility index (Phi) is 4.89. The van der Waals surface area contributed by atoms with Gasteiger partial charge >= 0.3 is 0 Å². The summed E-state index contributed by atoms with van der Waals surface area (Å²) in [5.41, 5.74) is 2.01. The molecule has 1 heterocycles. The number of benzene rings is 1. The molecular weight excluding hydrogens is 290 g/mol. The number of rotatable bonds is 5. The molecule has 0 radical (unpaired) electrons. The minimum atomic E-state index is 0.518. The summed E-state index contributed by atoms with van der Waals surface area (Å²) < 4.78 is 2.84. The Labute approximate surface area is 130 Å². The fraction of sp³-hybridized carbons (Fsp3) is 0.533. The second-order valence-corrected chi connectivity index (χ2v) is 6.44. The van der Waals surface area contributed by atoms with E-state index in [1.807, 2.05) is 18.2 Å². The summed E-state index contributed by atoms with van der Waals surface area (Å²) in [4.78, 5) is 5.68. The van der Waals surface area contributed by atoms with Gasteiger partial charge in [-0.15, -0.1) is 0 Å². The van der Waals surface area contributed by atoms with Gasteiger partial charge in [0.25, 0.3) is 0 Å². The molecule has 0 aliphatic rings. The van der Waals surface area contributed by atoms with E-state index in [9.17, 15) is 0 Å². The number of hydrogen-bond donors (Lipinski definition) is 1. The van der Waals surface area contributed by atoms with Crippen molar-refractivity contribution in [1.29, 1.82) is 0 Å². The van der Waals surface area contributed by atoms with Crippen LogP contribution >= 0.6 is 23.8 Å². The van der Waals surface area contributed by atoms with Crippen molar-refractivity contribution in [3.05, 3.63) is 28.0 Å². The van der Waals surface area contributed by atoms with Crippen LogP contribution in [0.2, 0.25) is 5.02 Å². The Morgan fingerprint density at radius 1 is 1.25 bits per heavy atom. The zero-order valence-corrected chi connectivity index (χ0v) is 14.1. The van der Waals surface area contributed by atoms with Gasteiger partial charge in [-0.2, -0.15) is 0 Å². The second kappa shape index (κ2) is 6.29. The minimum absolute atomic E-state index is 0.518. The molecule has 1 N–H and O–H groups in total. The lowest BCUT2D eigenvalue weighted by Crippen LogP contribution is -2.39. The number of nitrogens with zero attached hydrogens (tertiary/aromatic N) is 2. The predicted molar refractivity (Wildman–Crippen MR) is 89.1 cm³/mol. The Balaban J connectivity index is 2.30. The van der Waals surface area contributed by atoms with Crippen LogP contribution in [0.25, 0.3) is 11.0 Å². The van der Waals surface area contributed by atoms with E-state index in [-0.39, 0.29) is 0 Å². The molecular formula is C15H22ClN3S. The SMILES string of the molecule is CC(C)N(CCn1c(=S)[nH]c2cccc(Cl)c21)C(C)C. The summed E-state index contributed by atoms with van der Waals surface area (Å²) >= 11 is 11.7. The highest BCUT2D eigenvalue weighted by atomic mass is 35.5. The van der Waals surface area contributed by atoms with E-state index in [1.165, 1.54) is 0 Å². The molecule has 1 aromatic heterocycles. The molecule has 110 valence electrons. The number of imidazole rings is 1. The van der Waals surface area contributed by atoms with Crippen LogP contribution in [-0.4, -0.2) is 33.1 Å². The van der Waals surface area contributed by atoms with Crippen LogP contribution < -0.4 is 0 Å². The van der Waals surface area contributed by atoms with Crippen molar-refractivity contribution in [3.63, 3.8) is 0 Å². The first-order chi connectivity index (χ1) is 9.41. The Morgan fingerprint density at radius 3 is 2.50 bits per heavy atom. The Bertz CT molecular complexity index is 634. The Hall–Kier alpha value is -0.840. The zero-order valence-electron chi connectivity index (χ0n) is 12.5. The molecule has 0 saturated heterocycles. The summed E-state index contributed by atoms with van der Waals surface area (Å²) in [5, 5.41) is 0.746. The highest BCUT2D eigenvalue weighted by molar-refractivity contribution is 7.71. The number of halogens is 1. The molecule has 2 rings (SSSR count). The van der Waals surface area contributed by atoms with Crippen molar-refractivity contribution in [3.8, 4) is 0 Å². The summed E-state index contributed by atoms with van der Waals surface area (Å²) in [5.74, 6) is 0. The van der Waals surface area contributed by atoms with Crippen molar-refractivity contribution in [1.82, 2.24) is 14.5 Å². The molecule has 1 aromatic carbocycles. The normalized spacial score (nSPS) is 12.2. The van der Waals surface area contributed by atoms with E-state index in [2.05, 4.69) is 42.1 Å². The number of aromatic amines is 1. The van der Waals surface area contributed by atoms with E-state index >= 15 is 0 Å². The van der Waals surface area contributed by atoms with Crippen molar-refractivity contribution in [2.45, 2.75) is 46.3 Å². The zero-order chi connectivity index (χ0) is 14.9. The molecule has 3 nitrogen and oxygen atoms in total. The van der Waals surface area contributed by atoms with Crippen LogP contribution in [0.3, 0.4) is 0 Å². The molecule has 0 spiro atoms. The van der Waals surface area contributed by atoms with Gasteiger partial charge in [-0.25, -0.2) is 0 Å². The van der Waals surface area contributed by atoms with Gasteiger partial charge in [0.1, 0.15) is 0 Å². The van der Waals surface area contributed by atoms with Gasteiger partial charge in [-0.1, -0.05) is 17.7 Å². The largest absolute Gasteiger partial charge is 0.331 e. The fourth-order valence-electron chi connectivity index (χ4n) is 2.72. The van der Waals surface area contributed by atoms with E-state index in [0.29, 0.717) is 12.1 Å². The highest BCUT2D eigenvalue weighted by Crippen LogP contribution is 2.23. The molecule has 0 bridgehead atoms. The van der Waals surface area contributed by atoms with Crippen LogP contribution in [-0.2, 0) is 6.54 Å². The molecule has 0 atom stereocenters. The third kappa shape index (κ3) is 3.08. The van der Waals surface area contributed by atoms with Gasteiger partial charge in [0.2, 0.25) is 0 Å². The van der Waals surface area contributed by atoms with Gasteiger partial charge in [-0.3, -0.25) is 4.90 Å². The lowest BCUT2D eigenvalue weighted by atomic mass is 10.2. The molecule has 0 saturated carbocycles. The fourth-order valence-corrected chi connectivity index (χ4v) is 3.29. The molecule has 20 heavy (non-hydrogen) atoms. The lowest BCUT2D eigenvalue weighted by molar-refractivity contribution is 0.168. The van der Waals surface area contributed by atoms with E-state index in [1.54, 1.807) is 0 Å². The van der Waals surface area contributed by atoms with Crippen LogP contribution in [0.1, 0.15) is 27.7 Å². The minimum Gasteiger partial charge on any atom is -0.331 e. The van der Waals surface area contributed by atoms with E-state index < -0.39 is 0 Å². The maximum Gasteiger partial charge on any atom is 0.178 e. The summed E-state index contributed by atoms with van der Waals surface area (Å²) in [6, 6.07) is 6.89. The van der Waals surface area contributed by atoms with Crippen molar-refractivity contribution >= 4 is 34.9 Å². The highest BCUT2D eigenvalue weighted by Gasteiger charge is 2.14. The number of para-hydroxylation sites is 1.